The summed E-state index contributed by atoms with van der Waals surface area (Å²) < 4.78 is 8.24. The summed E-state index contributed by atoms with van der Waals surface area (Å²) in [6.07, 6.45) is 5.60. The molecule has 1 aromatic carbocycles. The number of benzene rings is 1. The van der Waals surface area contributed by atoms with E-state index in [0.29, 0.717) is 0 Å². The average Bonchev–Trinajstić information content (AvgIpc) is 2.80. The van der Waals surface area contributed by atoms with Crippen LogP contribution in [-0.2, 0) is 0 Å². The molecule has 0 aliphatic carbocycles. The molecule has 2 heterocycles. The Morgan fingerprint density at radius 3 is 2.61 bits per heavy atom. The molecule has 3 rings (SSSR count). The third-order valence-electron chi connectivity index (χ3n) is 2.74. The van der Waals surface area contributed by atoms with Gasteiger partial charge >= 0.3 is 0 Å². The van der Waals surface area contributed by atoms with Crippen molar-refractivity contribution in [3.63, 3.8) is 0 Å². The number of fused-ring (bicyclic) bond motifs is 1. The molecule has 90 valence electrons. The lowest BCUT2D eigenvalue weighted by Gasteiger charge is -2.04. The fourth-order valence-electron chi connectivity index (χ4n) is 1.77. The predicted octanol–water partition coefficient (Wildman–Crippen LogP) is 3.01. The summed E-state index contributed by atoms with van der Waals surface area (Å²) in [6.45, 7) is 0. The van der Waals surface area contributed by atoms with Gasteiger partial charge in [-0.05, 0) is 46.9 Å². The van der Waals surface area contributed by atoms with Crippen molar-refractivity contribution < 1.29 is 4.74 Å². The van der Waals surface area contributed by atoms with Crippen LogP contribution in [0.25, 0.3) is 16.9 Å². The van der Waals surface area contributed by atoms with Gasteiger partial charge in [-0.3, -0.25) is 9.38 Å². The van der Waals surface area contributed by atoms with E-state index in [2.05, 4.69) is 32.6 Å². The summed E-state index contributed by atoms with van der Waals surface area (Å²) in [4.78, 5) is 8.67. The van der Waals surface area contributed by atoms with Gasteiger partial charge in [-0.1, -0.05) is 0 Å². The Morgan fingerprint density at radius 2 is 1.89 bits per heavy atom. The molecule has 0 aliphatic heterocycles. The van der Waals surface area contributed by atoms with Gasteiger partial charge in [-0.15, -0.1) is 0 Å². The molecule has 3 aromatic rings. The lowest BCUT2D eigenvalue weighted by atomic mass is 10.1. The summed E-state index contributed by atoms with van der Waals surface area (Å²) in [5, 5.41) is 0. The van der Waals surface area contributed by atoms with Gasteiger partial charge in [-0.2, -0.15) is 0 Å². The molecule has 0 bridgehead atoms. The molecule has 4 nitrogen and oxygen atoms in total. The molecule has 0 amide bonds. The third kappa shape index (κ3) is 1.94. The Balaban J connectivity index is 2.09. The second-order valence-corrected chi connectivity index (χ2v) is 4.92. The first-order valence-electron chi connectivity index (χ1n) is 5.41. The van der Waals surface area contributed by atoms with E-state index in [9.17, 15) is 0 Å². The third-order valence-corrected chi connectivity index (χ3v) is 3.53. The topological polar surface area (TPSA) is 39.4 Å². The minimum absolute atomic E-state index is 0.844. The molecule has 0 unspecified atom stereocenters. The number of hydrogen-bond donors (Lipinski definition) is 0. The number of methoxy groups -OCH3 is 1. The maximum atomic E-state index is 5.15. The smallest absolute Gasteiger partial charge is 0.156 e. The molecular weight excluding hydrogens is 341 g/mol. The Bertz CT molecular complexity index is 691. The van der Waals surface area contributed by atoms with Crippen LogP contribution in [0.3, 0.4) is 0 Å². The van der Waals surface area contributed by atoms with Crippen LogP contribution in [0.4, 0.5) is 0 Å². The highest BCUT2D eigenvalue weighted by Crippen LogP contribution is 2.21. The number of hydrogen-bond acceptors (Lipinski definition) is 3. The van der Waals surface area contributed by atoms with Crippen LogP contribution in [0.5, 0.6) is 5.75 Å². The van der Waals surface area contributed by atoms with Crippen molar-refractivity contribution in [3.05, 3.63) is 46.6 Å². The zero-order valence-electron chi connectivity index (χ0n) is 9.67. The van der Waals surface area contributed by atoms with E-state index in [1.807, 2.05) is 41.1 Å². The zero-order chi connectivity index (χ0) is 12.5. The lowest BCUT2D eigenvalue weighted by Crippen LogP contribution is -1.92. The number of halogens is 1. The van der Waals surface area contributed by atoms with E-state index in [1.54, 1.807) is 13.3 Å². The Morgan fingerprint density at radius 1 is 1.11 bits per heavy atom. The van der Waals surface area contributed by atoms with Gasteiger partial charge in [0, 0.05) is 11.8 Å². The molecule has 0 atom stereocenters. The summed E-state index contributed by atoms with van der Waals surface area (Å²) in [5.41, 5.74) is 2.83. The van der Waals surface area contributed by atoms with Crippen LogP contribution < -0.4 is 4.74 Å². The van der Waals surface area contributed by atoms with Crippen molar-refractivity contribution in [1.29, 1.82) is 0 Å². The highest BCUT2D eigenvalue weighted by molar-refractivity contribution is 14.1. The number of imidazole rings is 1. The Hall–Kier alpha value is -1.63. The van der Waals surface area contributed by atoms with Gasteiger partial charge in [-0.25, -0.2) is 4.98 Å². The van der Waals surface area contributed by atoms with E-state index in [0.717, 1.165) is 26.4 Å². The second kappa shape index (κ2) is 4.56. The van der Waals surface area contributed by atoms with Gasteiger partial charge in [0.25, 0.3) is 0 Å². The Labute approximate surface area is 118 Å². The van der Waals surface area contributed by atoms with Crippen LogP contribution in [-0.4, -0.2) is 21.5 Å². The summed E-state index contributed by atoms with van der Waals surface area (Å²) in [7, 11) is 1.66. The molecule has 18 heavy (non-hydrogen) atoms. The normalized spacial score (nSPS) is 10.8. The number of ether oxygens (including phenoxy) is 1. The molecule has 0 saturated carbocycles. The highest BCUT2D eigenvalue weighted by Gasteiger charge is 2.04. The molecule has 5 heteroatoms. The van der Waals surface area contributed by atoms with Gasteiger partial charge in [0.05, 0.1) is 25.2 Å². The van der Waals surface area contributed by atoms with Crippen LogP contribution in [0.15, 0.2) is 42.9 Å². The van der Waals surface area contributed by atoms with Crippen molar-refractivity contribution in [2.45, 2.75) is 0 Å². The molecule has 0 saturated heterocycles. The monoisotopic (exact) mass is 351 g/mol. The second-order valence-electron chi connectivity index (χ2n) is 3.81. The molecule has 0 N–H and O–H groups in total. The molecule has 0 aliphatic rings. The van der Waals surface area contributed by atoms with E-state index in [4.69, 9.17) is 4.74 Å². The van der Waals surface area contributed by atoms with Crippen molar-refractivity contribution in [2.75, 3.05) is 7.11 Å². The van der Waals surface area contributed by atoms with Crippen molar-refractivity contribution >= 4 is 28.2 Å². The summed E-state index contributed by atoms with van der Waals surface area (Å²) in [6, 6.07) is 7.85. The standard InChI is InChI=1S/C13H10IN3O/c1-18-10-4-2-9(3-5-10)11-8-17-12(14)6-16-13(17)7-15-11/h2-8H,1H3. The van der Waals surface area contributed by atoms with Gasteiger partial charge < -0.3 is 4.74 Å². The van der Waals surface area contributed by atoms with E-state index < -0.39 is 0 Å². The summed E-state index contributed by atoms with van der Waals surface area (Å²) in [5.74, 6) is 0.844. The molecule has 2 aromatic heterocycles. The lowest BCUT2D eigenvalue weighted by molar-refractivity contribution is 0.415. The fraction of sp³-hybridized carbons (Fsp3) is 0.0769. The molecular formula is C13H10IN3O. The van der Waals surface area contributed by atoms with Crippen LogP contribution >= 0.6 is 22.6 Å². The minimum atomic E-state index is 0.844. The van der Waals surface area contributed by atoms with Crippen molar-refractivity contribution in [3.8, 4) is 17.0 Å². The van der Waals surface area contributed by atoms with Crippen LogP contribution in [0.2, 0.25) is 0 Å². The predicted molar refractivity (Wildman–Crippen MR) is 77.7 cm³/mol. The number of aromatic nitrogens is 3. The van der Waals surface area contributed by atoms with E-state index in [1.165, 1.54) is 0 Å². The Kier molecular flexibility index (Phi) is 2.91. The van der Waals surface area contributed by atoms with E-state index >= 15 is 0 Å². The van der Waals surface area contributed by atoms with Gasteiger partial charge in [0.2, 0.25) is 0 Å². The van der Waals surface area contributed by atoms with Crippen LogP contribution in [0.1, 0.15) is 0 Å². The molecule has 0 fully saturated rings. The van der Waals surface area contributed by atoms with Crippen molar-refractivity contribution in [1.82, 2.24) is 14.4 Å². The van der Waals surface area contributed by atoms with Crippen molar-refractivity contribution in [2.24, 2.45) is 0 Å². The number of nitrogens with zero attached hydrogens (tertiary/aromatic N) is 3. The molecule has 0 spiro atoms. The minimum Gasteiger partial charge on any atom is -0.497 e. The first-order valence-corrected chi connectivity index (χ1v) is 6.49. The number of rotatable bonds is 2. The zero-order valence-corrected chi connectivity index (χ0v) is 11.8. The van der Waals surface area contributed by atoms with Gasteiger partial charge in [0.1, 0.15) is 9.45 Å². The fourth-order valence-corrected chi connectivity index (χ4v) is 2.30. The SMILES string of the molecule is COc1ccc(-c2cn3c(I)cnc3cn2)cc1. The van der Waals surface area contributed by atoms with Crippen LogP contribution in [0, 0.1) is 3.70 Å². The molecule has 0 radical (unpaired) electrons. The largest absolute Gasteiger partial charge is 0.497 e. The van der Waals surface area contributed by atoms with E-state index in [-0.39, 0.29) is 0 Å². The summed E-state index contributed by atoms with van der Waals surface area (Å²) >= 11 is 2.25. The maximum absolute atomic E-state index is 5.15. The first kappa shape index (κ1) is 11.5. The first-order chi connectivity index (χ1) is 8.78. The van der Waals surface area contributed by atoms with Gasteiger partial charge in [0.15, 0.2) is 5.65 Å². The average molecular weight is 351 g/mol. The maximum Gasteiger partial charge on any atom is 0.156 e. The highest BCUT2D eigenvalue weighted by atomic mass is 127. The quantitative estimate of drug-likeness (QED) is 0.667.